The topological polar surface area (TPSA) is 32.7 Å². The molecule has 1 unspecified atom stereocenters. The van der Waals surface area contributed by atoms with E-state index in [1.54, 1.807) is 0 Å². The second-order valence-corrected chi connectivity index (χ2v) is 4.78. The van der Waals surface area contributed by atoms with Gasteiger partial charge in [-0.3, -0.25) is 4.90 Å². The van der Waals surface area contributed by atoms with Crippen LogP contribution in [0.5, 0.6) is 5.75 Å². The van der Waals surface area contributed by atoms with Crippen molar-refractivity contribution in [1.29, 1.82) is 0 Å². The zero-order valence-electron chi connectivity index (χ0n) is 11.5. The highest BCUT2D eigenvalue weighted by Gasteiger charge is 2.16. The number of halogens is 1. The lowest BCUT2D eigenvalue weighted by atomic mass is 10.1. The molecule has 1 atom stereocenters. The Morgan fingerprint density at radius 3 is 2.61 bits per heavy atom. The van der Waals surface area contributed by atoms with E-state index in [0.717, 1.165) is 6.54 Å². The Labute approximate surface area is 108 Å². The molecule has 0 spiro atoms. The van der Waals surface area contributed by atoms with E-state index in [1.807, 2.05) is 32.7 Å². The summed E-state index contributed by atoms with van der Waals surface area (Å²) in [6.45, 7) is 7.26. The van der Waals surface area contributed by atoms with Gasteiger partial charge in [0.2, 0.25) is 0 Å². The van der Waals surface area contributed by atoms with Gasteiger partial charge in [0, 0.05) is 18.2 Å². The summed E-state index contributed by atoms with van der Waals surface area (Å²) in [5, 5.41) is 9.74. The van der Waals surface area contributed by atoms with Gasteiger partial charge >= 0.3 is 0 Å². The van der Waals surface area contributed by atoms with Gasteiger partial charge < -0.3 is 9.84 Å². The monoisotopic (exact) mass is 255 g/mol. The Kier molecular flexibility index (Phi) is 5.56. The summed E-state index contributed by atoms with van der Waals surface area (Å²) in [7, 11) is 1.93. The molecular weight excluding hydrogens is 233 g/mol. The molecule has 0 saturated heterocycles. The van der Waals surface area contributed by atoms with Gasteiger partial charge in [0.25, 0.3) is 0 Å². The van der Waals surface area contributed by atoms with Crippen molar-refractivity contribution in [2.45, 2.75) is 32.9 Å². The molecule has 1 aromatic rings. The minimum absolute atomic E-state index is 0.0588. The van der Waals surface area contributed by atoms with Crippen LogP contribution in [-0.4, -0.2) is 36.3 Å². The van der Waals surface area contributed by atoms with E-state index in [2.05, 4.69) is 0 Å². The highest BCUT2D eigenvalue weighted by Crippen LogP contribution is 2.27. The summed E-state index contributed by atoms with van der Waals surface area (Å²) in [5.41, 5.74) is 0.599. The maximum Gasteiger partial charge on any atom is 0.123 e. The van der Waals surface area contributed by atoms with Crippen LogP contribution in [0.3, 0.4) is 0 Å². The summed E-state index contributed by atoms with van der Waals surface area (Å²) in [4.78, 5) is 2.02. The Morgan fingerprint density at radius 1 is 1.33 bits per heavy atom. The lowest BCUT2D eigenvalue weighted by Crippen LogP contribution is -2.27. The third-order valence-electron chi connectivity index (χ3n) is 3.00. The standard InChI is InChI=1S/C14H22FNO2/c1-10(2)18-8-7-16(4)11(3)13-9-12(15)5-6-14(13)17/h5-6,9-11,17H,7-8H2,1-4H3. The molecule has 102 valence electrons. The molecule has 0 radical (unpaired) electrons. The molecule has 0 heterocycles. The molecule has 0 aliphatic heterocycles. The molecule has 0 aliphatic rings. The van der Waals surface area contributed by atoms with Crippen LogP contribution in [0, 0.1) is 5.82 Å². The molecule has 3 nitrogen and oxygen atoms in total. The average molecular weight is 255 g/mol. The van der Waals surface area contributed by atoms with Gasteiger partial charge in [0.1, 0.15) is 11.6 Å². The SMILES string of the molecule is CC(C)OCCN(C)C(C)c1cc(F)ccc1O. The summed E-state index contributed by atoms with van der Waals surface area (Å²) in [6, 6.07) is 3.96. The molecule has 1 N–H and O–H groups in total. The molecule has 0 amide bonds. The van der Waals surface area contributed by atoms with Gasteiger partial charge in [-0.2, -0.15) is 0 Å². The van der Waals surface area contributed by atoms with E-state index < -0.39 is 0 Å². The number of hydrogen-bond donors (Lipinski definition) is 1. The first-order valence-electron chi connectivity index (χ1n) is 6.22. The van der Waals surface area contributed by atoms with E-state index in [0.29, 0.717) is 12.2 Å². The molecule has 0 bridgehead atoms. The molecule has 0 saturated carbocycles. The van der Waals surface area contributed by atoms with Crippen molar-refractivity contribution in [3.63, 3.8) is 0 Å². The summed E-state index contributed by atoms with van der Waals surface area (Å²) >= 11 is 0. The van der Waals surface area contributed by atoms with Crippen LogP contribution < -0.4 is 0 Å². The number of nitrogens with zero attached hydrogens (tertiary/aromatic N) is 1. The van der Waals surface area contributed by atoms with E-state index in [4.69, 9.17) is 4.74 Å². The molecule has 4 heteroatoms. The number of benzene rings is 1. The number of aromatic hydroxyl groups is 1. The Balaban J connectivity index is 2.62. The maximum absolute atomic E-state index is 13.2. The largest absolute Gasteiger partial charge is 0.508 e. The lowest BCUT2D eigenvalue weighted by molar-refractivity contribution is 0.0570. The quantitative estimate of drug-likeness (QED) is 0.848. The lowest BCUT2D eigenvalue weighted by Gasteiger charge is -2.26. The van der Waals surface area contributed by atoms with Crippen LogP contribution in [0.2, 0.25) is 0 Å². The maximum atomic E-state index is 13.2. The van der Waals surface area contributed by atoms with Crippen LogP contribution >= 0.6 is 0 Å². The van der Waals surface area contributed by atoms with Crippen molar-refractivity contribution in [2.75, 3.05) is 20.2 Å². The fourth-order valence-electron chi connectivity index (χ4n) is 1.72. The molecule has 18 heavy (non-hydrogen) atoms. The molecule has 0 fully saturated rings. The second-order valence-electron chi connectivity index (χ2n) is 4.78. The molecular formula is C14H22FNO2. The molecule has 0 aromatic heterocycles. The number of phenolic OH excluding ortho intramolecular Hbond substituents is 1. The molecule has 1 rings (SSSR count). The smallest absolute Gasteiger partial charge is 0.123 e. The number of phenols is 1. The van der Waals surface area contributed by atoms with Crippen molar-refractivity contribution in [3.05, 3.63) is 29.6 Å². The number of rotatable bonds is 6. The second kappa shape index (κ2) is 6.71. The van der Waals surface area contributed by atoms with Crippen LogP contribution in [0.15, 0.2) is 18.2 Å². The first kappa shape index (κ1) is 14.9. The molecule has 1 aromatic carbocycles. The van der Waals surface area contributed by atoms with Gasteiger partial charge in [-0.15, -0.1) is 0 Å². The summed E-state index contributed by atoms with van der Waals surface area (Å²) in [6.07, 6.45) is 0.205. The number of likely N-dealkylation sites (N-methyl/N-ethyl adjacent to an activating group) is 1. The first-order valence-corrected chi connectivity index (χ1v) is 6.22. The average Bonchev–Trinajstić information content (AvgIpc) is 2.30. The predicted octanol–water partition coefficient (Wildman–Crippen LogP) is 2.95. The van der Waals surface area contributed by atoms with Crippen molar-refractivity contribution in [3.8, 4) is 5.75 Å². The summed E-state index contributed by atoms with van der Waals surface area (Å²) < 4.78 is 18.6. The van der Waals surface area contributed by atoms with E-state index in [1.165, 1.54) is 18.2 Å². The Bertz CT molecular complexity index is 382. The highest BCUT2D eigenvalue weighted by molar-refractivity contribution is 5.34. The Morgan fingerprint density at radius 2 is 2.00 bits per heavy atom. The third-order valence-corrected chi connectivity index (χ3v) is 3.00. The molecule has 0 aliphatic carbocycles. The van der Waals surface area contributed by atoms with Gasteiger partial charge in [-0.1, -0.05) is 0 Å². The normalized spacial score (nSPS) is 13.3. The van der Waals surface area contributed by atoms with Crippen molar-refractivity contribution < 1.29 is 14.2 Å². The van der Waals surface area contributed by atoms with Crippen molar-refractivity contribution in [1.82, 2.24) is 4.90 Å². The summed E-state index contributed by atoms with van der Waals surface area (Å²) in [5.74, 6) is -0.206. The first-order chi connectivity index (χ1) is 8.41. The van der Waals surface area contributed by atoms with Crippen molar-refractivity contribution >= 4 is 0 Å². The number of hydrogen-bond acceptors (Lipinski definition) is 3. The van der Waals surface area contributed by atoms with Crippen LogP contribution in [0.4, 0.5) is 4.39 Å². The zero-order valence-corrected chi connectivity index (χ0v) is 11.5. The van der Waals surface area contributed by atoms with Crippen molar-refractivity contribution in [2.24, 2.45) is 0 Å². The highest BCUT2D eigenvalue weighted by atomic mass is 19.1. The van der Waals surface area contributed by atoms with Gasteiger partial charge in [-0.25, -0.2) is 4.39 Å². The third kappa shape index (κ3) is 4.27. The minimum Gasteiger partial charge on any atom is -0.508 e. The van der Waals surface area contributed by atoms with Gasteiger partial charge in [0.05, 0.1) is 12.7 Å². The Hall–Kier alpha value is -1.13. The van der Waals surface area contributed by atoms with E-state index >= 15 is 0 Å². The van der Waals surface area contributed by atoms with Crippen LogP contribution in [-0.2, 0) is 4.74 Å². The van der Waals surface area contributed by atoms with Gasteiger partial charge in [-0.05, 0) is 46.0 Å². The number of ether oxygens (including phenoxy) is 1. The fraction of sp³-hybridized carbons (Fsp3) is 0.571. The van der Waals surface area contributed by atoms with Gasteiger partial charge in [0.15, 0.2) is 0 Å². The minimum atomic E-state index is -0.332. The van der Waals surface area contributed by atoms with E-state index in [-0.39, 0.29) is 23.7 Å². The zero-order chi connectivity index (χ0) is 13.7. The van der Waals surface area contributed by atoms with Crippen LogP contribution in [0.1, 0.15) is 32.4 Å². The van der Waals surface area contributed by atoms with E-state index in [9.17, 15) is 9.50 Å². The fourth-order valence-corrected chi connectivity index (χ4v) is 1.72. The van der Waals surface area contributed by atoms with Crippen LogP contribution in [0.25, 0.3) is 0 Å². The predicted molar refractivity (Wildman–Crippen MR) is 70.2 cm³/mol.